The number of hydrogen-bond acceptors (Lipinski definition) is 4. The number of carbonyl (C=O) groups excluding carboxylic acids is 1. The Kier molecular flexibility index (Phi) is 7.13. The SMILES string of the molecule is CN=C(NCc1cc(N(C)C)nc2ccccc12)NC1CCN(C(=O)C(C)C)CC1. The predicted octanol–water partition coefficient (Wildman–Crippen LogP) is 2.61. The Morgan fingerprint density at radius 3 is 2.60 bits per heavy atom. The number of benzene rings is 1. The van der Waals surface area contributed by atoms with E-state index in [4.69, 9.17) is 4.98 Å². The molecule has 1 fully saturated rings. The molecule has 7 nitrogen and oxygen atoms in total. The van der Waals surface area contributed by atoms with Crippen molar-refractivity contribution in [1.29, 1.82) is 0 Å². The van der Waals surface area contributed by atoms with E-state index in [1.165, 1.54) is 5.56 Å². The maximum atomic E-state index is 12.2. The number of pyridine rings is 1. The molecule has 2 aromatic rings. The zero-order valence-electron chi connectivity index (χ0n) is 18.8. The first-order valence-electron chi connectivity index (χ1n) is 10.7. The van der Waals surface area contributed by atoms with Crippen LogP contribution in [0.3, 0.4) is 0 Å². The fourth-order valence-corrected chi connectivity index (χ4v) is 3.78. The summed E-state index contributed by atoms with van der Waals surface area (Å²) in [6.07, 6.45) is 1.87. The number of rotatable bonds is 5. The summed E-state index contributed by atoms with van der Waals surface area (Å²) in [5.74, 6) is 2.04. The van der Waals surface area contributed by atoms with E-state index in [1.807, 2.05) is 55.9 Å². The molecule has 30 heavy (non-hydrogen) atoms. The Morgan fingerprint density at radius 2 is 1.97 bits per heavy atom. The van der Waals surface area contributed by atoms with Gasteiger partial charge in [0.15, 0.2) is 5.96 Å². The van der Waals surface area contributed by atoms with Crippen LogP contribution in [0, 0.1) is 5.92 Å². The van der Waals surface area contributed by atoms with Crippen molar-refractivity contribution in [2.24, 2.45) is 10.9 Å². The van der Waals surface area contributed by atoms with Crippen LogP contribution < -0.4 is 15.5 Å². The van der Waals surface area contributed by atoms with Crippen molar-refractivity contribution in [3.8, 4) is 0 Å². The first kappa shape index (κ1) is 21.9. The van der Waals surface area contributed by atoms with Gasteiger partial charge in [-0.3, -0.25) is 9.79 Å². The highest BCUT2D eigenvalue weighted by molar-refractivity contribution is 5.85. The van der Waals surface area contributed by atoms with E-state index in [2.05, 4.69) is 27.8 Å². The number of aliphatic imine (C=N–C) groups is 1. The highest BCUT2D eigenvalue weighted by Gasteiger charge is 2.24. The second-order valence-electron chi connectivity index (χ2n) is 8.38. The van der Waals surface area contributed by atoms with Crippen LogP contribution in [0.2, 0.25) is 0 Å². The van der Waals surface area contributed by atoms with Crippen molar-refractivity contribution in [2.75, 3.05) is 39.1 Å². The number of aromatic nitrogens is 1. The van der Waals surface area contributed by atoms with Gasteiger partial charge < -0.3 is 20.4 Å². The minimum absolute atomic E-state index is 0.0613. The van der Waals surface area contributed by atoms with Crippen LogP contribution in [0.25, 0.3) is 10.9 Å². The third-order valence-corrected chi connectivity index (χ3v) is 5.56. The van der Waals surface area contributed by atoms with Crippen LogP contribution in [-0.2, 0) is 11.3 Å². The number of amides is 1. The van der Waals surface area contributed by atoms with E-state index in [1.54, 1.807) is 7.05 Å². The molecule has 0 spiro atoms. The quantitative estimate of drug-likeness (QED) is 0.586. The molecule has 1 saturated heterocycles. The zero-order valence-corrected chi connectivity index (χ0v) is 18.8. The summed E-state index contributed by atoms with van der Waals surface area (Å²) in [6.45, 7) is 6.18. The molecule has 0 unspecified atom stereocenters. The summed E-state index contributed by atoms with van der Waals surface area (Å²) in [7, 11) is 5.80. The van der Waals surface area contributed by atoms with Crippen LogP contribution in [0.5, 0.6) is 0 Å². The third-order valence-electron chi connectivity index (χ3n) is 5.56. The number of carbonyl (C=O) groups is 1. The summed E-state index contributed by atoms with van der Waals surface area (Å²) in [5, 5.41) is 8.13. The Morgan fingerprint density at radius 1 is 1.27 bits per heavy atom. The van der Waals surface area contributed by atoms with E-state index in [0.29, 0.717) is 12.6 Å². The van der Waals surface area contributed by atoms with Crippen LogP contribution in [-0.4, -0.2) is 62.0 Å². The molecule has 0 atom stereocenters. The van der Waals surface area contributed by atoms with Crippen LogP contribution in [0.1, 0.15) is 32.3 Å². The zero-order chi connectivity index (χ0) is 21.7. The maximum Gasteiger partial charge on any atom is 0.225 e. The van der Waals surface area contributed by atoms with Gasteiger partial charge in [-0.05, 0) is 30.5 Å². The van der Waals surface area contributed by atoms with Gasteiger partial charge in [0.1, 0.15) is 5.82 Å². The Hall–Kier alpha value is -2.83. The molecule has 2 N–H and O–H groups in total. The molecule has 3 rings (SSSR count). The topological polar surface area (TPSA) is 72.9 Å². The molecular formula is C23H34N6O. The second-order valence-corrected chi connectivity index (χ2v) is 8.38. The monoisotopic (exact) mass is 410 g/mol. The fraction of sp³-hybridized carbons (Fsp3) is 0.522. The fourth-order valence-electron chi connectivity index (χ4n) is 3.78. The first-order valence-corrected chi connectivity index (χ1v) is 10.7. The lowest BCUT2D eigenvalue weighted by molar-refractivity contribution is -0.135. The van der Waals surface area contributed by atoms with Crippen LogP contribution >= 0.6 is 0 Å². The van der Waals surface area contributed by atoms with Gasteiger partial charge in [0.25, 0.3) is 0 Å². The van der Waals surface area contributed by atoms with Crippen molar-refractivity contribution >= 4 is 28.6 Å². The molecule has 1 aliphatic rings. The van der Waals surface area contributed by atoms with E-state index < -0.39 is 0 Å². The number of likely N-dealkylation sites (tertiary alicyclic amines) is 1. The molecule has 0 aliphatic carbocycles. The van der Waals surface area contributed by atoms with Gasteiger partial charge in [-0.15, -0.1) is 0 Å². The van der Waals surface area contributed by atoms with E-state index in [-0.39, 0.29) is 11.8 Å². The predicted molar refractivity (Wildman–Crippen MR) is 124 cm³/mol. The summed E-state index contributed by atoms with van der Waals surface area (Å²) in [4.78, 5) is 25.3. The van der Waals surface area contributed by atoms with Crippen LogP contribution in [0.4, 0.5) is 5.82 Å². The molecule has 0 saturated carbocycles. The standard InChI is InChI=1S/C23H34N6O/c1-16(2)22(30)29-12-10-18(11-13-29)26-23(24-3)25-15-17-14-21(28(4)5)27-20-9-7-6-8-19(17)20/h6-9,14,16,18H,10-13,15H2,1-5H3,(H2,24,25,26). The van der Waals surface area contributed by atoms with Crippen molar-refractivity contribution in [3.63, 3.8) is 0 Å². The summed E-state index contributed by atoms with van der Waals surface area (Å²) < 4.78 is 0. The Bertz CT molecular complexity index is 900. The molecule has 0 bridgehead atoms. The summed E-state index contributed by atoms with van der Waals surface area (Å²) >= 11 is 0. The summed E-state index contributed by atoms with van der Waals surface area (Å²) in [6, 6.07) is 10.7. The average molecular weight is 411 g/mol. The first-order chi connectivity index (χ1) is 14.4. The van der Waals surface area contributed by atoms with Gasteiger partial charge in [0, 0.05) is 58.1 Å². The molecule has 1 amide bonds. The van der Waals surface area contributed by atoms with Crippen molar-refractivity contribution < 1.29 is 4.79 Å². The number of guanidine groups is 1. The van der Waals surface area contributed by atoms with Gasteiger partial charge in [-0.2, -0.15) is 0 Å². The summed E-state index contributed by atoms with van der Waals surface area (Å²) in [5.41, 5.74) is 2.18. The smallest absolute Gasteiger partial charge is 0.225 e. The minimum Gasteiger partial charge on any atom is -0.363 e. The van der Waals surface area contributed by atoms with Crippen molar-refractivity contribution in [1.82, 2.24) is 20.5 Å². The van der Waals surface area contributed by atoms with Gasteiger partial charge >= 0.3 is 0 Å². The van der Waals surface area contributed by atoms with E-state index in [9.17, 15) is 4.79 Å². The highest BCUT2D eigenvalue weighted by atomic mass is 16.2. The molecule has 2 heterocycles. The molecule has 7 heteroatoms. The highest BCUT2D eigenvalue weighted by Crippen LogP contribution is 2.22. The van der Waals surface area contributed by atoms with Gasteiger partial charge in [0.2, 0.25) is 5.91 Å². The number of hydrogen-bond donors (Lipinski definition) is 2. The lowest BCUT2D eigenvalue weighted by Crippen LogP contribution is -2.50. The largest absolute Gasteiger partial charge is 0.363 e. The van der Waals surface area contributed by atoms with Gasteiger partial charge in [0.05, 0.1) is 5.52 Å². The van der Waals surface area contributed by atoms with Gasteiger partial charge in [-0.25, -0.2) is 4.98 Å². The molecule has 0 radical (unpaired) electrons. The average Bonchev–Trinajstić information content (AvgIpc) is 2.76. The second kappa shape index (κ2) is 9.78. The van der Waals surface area contributed by atoms with E-state index in [0.717, 1.165) is 48.6 Å². The number of piperidine rings is 1. The molecule has 1 aromatic carbocycles. The molecule has 1 aliphatic heterocycles. The normalized spacial score (nSPS) is 15.5. The maximum absolute atomic E-state index is 12.2. The Balaban J connectivity index is 1.62. The van der Waals surface area contributed by atoms with Crippen molar-refractivity contribution in [2.45, 2.75) is 39.3 Å². The Labute approximate surface area is 179 Å². The third kappa shape index (κ3) is 5.20. The van der Waals surface area contributed by atoms with Crippen molar-refractivity contribution in [3.05, 3.63) is 35.9 Å². The lowest BCUT2D eigenvalue weighted by atomic mass is 10.0. The molecular weight excluding hydrogens is 376 g/mol. The van der Waals surface area contributed by atoms with E-state index >= 15 is 0 Å². The molecule has 1 aromatic heterocycles. The number of nitrogens with zero attached hydrogens (tertiary/aromatic N) is 4. The minimum atomic E-state index is 0.0613. The van der Waals surface area contributed by atoms with Gasteiger partial charge in [-0.1, -0.05) is 32.0 Å². The number of nitrogens with one attached hydrogen (secondary N) is 2. The number of para-hydroxylation sites is 1. The lowest BCUT2D eigenvalue weighted by Gasteiger charge is -2.34. The number of anilines is 1. The molecule has 162 valence electrons. The van der Waals surface area contributed by atoms with Crippen LogP contribution in [0.15, 0.2) is 35.3 Å². The number of fused-ring (bicyclic) bond motifs is 1.